The van der Waals surface area contributed by atoms with Crippen molar-refractivity contribution in [3.05, 3.63) is 35.9 Å². The van der Waals surface area contributed by atoms with Crippen LogP contribution < -0.4 is 0 Å². The second kappa shape index (κ2) is 5.02. The lowest BCUT2D eigenvalue weighted by Crippen LogP contribution is -2.35. The van der Waals surface area contributed by atoms with Crippen molar-refractivity contribution in [2.45, 2.75) is 45.0 Å². The van der Waals surface area contributed by atoms with E-state index in [4.69, 9.17) is 4.74 Å². The number of aliphatic hydroxyl groups is 1. The zero-order valence-electron chi connectivity index (χ0n) is 11.0. The van der Waals surface area contributed by atoms with Crippen molar-refractivity contribution in [3.63, 3.8) is 0 Å². The molecular weight excluding hydrogens is 224 g/mol. The average Bonchev–Trinajstić information content (AvgIpc) is 2.57. The minimum atomic E-state index is -0.0726. The maximum atomic E-state index is 10.1. The molecule has 0 aromatic heterocycles. The highest BCUT2D eigenvalue weighted by Gasteiger charge is 2.46. The minimum absolute atomic E-state index is 0.0726. The average molecular weight is 246 g/mol. The molecule has 2 heteroatoms. The van der Waals surface area contributed by atoms with E-state index >= 15 is 0 Å². The van der Waals surface area contributed by atoms with Gasteiger partial charge < -0.3 is 9.84 Å². The molecule has 0 amide bonds. The Hall–Kier alpha value is -0.860. The van der Waals surface area contributed by atoms with Gasteiger partial charge in [0.15, 0.2) is 0 Å². The summed E-state index contributed by atoms with van der Waals surface area (Å²) < 4.78 is 6.04. The van der Waals surface area contributed by atoms with Gasteiger partial charge in [0.1, 0.15) is 0 Å². The molecule has 5 atom stereocenters. The van der Waals surface area contributed by atoms with E-state index < -0.39 is 0 Å². The van der Waals surface area contributed by atoms with E-state index in [1.807, 2.05) is 6.07 Å². The van der Waals surface area contributed by atoms with Gasteiger partial charge in [0.25, 0.3) is 0 Å². The maximum Gasteiger partial charge on any atom is 0.0720 e. The van der Waals surface area contributed by atoms with Crippen LogP contribution in [-0.4, -0.2) is 17.3 Å². The van der Waals surface area contributed by atoms with Crippen molar-refractivity contribution >= 4 is 0 Å². The number of ether oxygens (including phenoxy) is 1. The number of hydrogen-bond acceptors (Lipinski definition) is 2. The van der Waals surface area contributed by atoms with Crippen LogP contribution in [0.1, 0.15) is 31.7 Å². The molecule has 0 radical (unpaired) electrons. The normalized spacial score (nSPS) is 38.9. The van der Waals surface area contributed by atoms with Crippen molar-refractivity contribution in [2.24, 2.45) is 17.8 Å². The Balaban J connectivity index is 1.56. The molecule has 2 fully saturated rings. The Morgan fingerprint density at radius 2 is 1.94 bits per heavy atom. The van der Waals surface area contributed by atoms with Crippen molar-refractivity contribution in [1.82, 2.24) is 0 Å². The van der Waals surface area contributed by atoms with Crippen LogP contribution in [0.2, 0.25) is 0 Å². The summed E-state index contributed by atoms with van der Waals surface area (Å²) in [6.07, 6.45) is 3.52. The molecule has 2 aliphatic carbocycles. The molecule has 0 aliphatic heterocycles. The van der Waals surface area contributed by atoms with E-state index in [0.717, 1.165) is 12.8 Å². The third-order valence-corrected chi connectivity index (χ3v) is 4.76. The first-order valence-electron chi connectivity index (χ1n) is 7.07. The number of rotatable bonds is 3. The Morgan fingerprint density at radius 3 is 2.67 bits per heavy atom. The predicted molar refractivity (Wildman–Crippen MR) is 71.0 cm³/mol. The minimum Gasteiger partial charge on any atom is -0.393 e. The van der Waals surface area contributed by atoms with Gasteiger partial charge in [-0.3, -0.25) is 0 Å². The van der Waals surface area contributed by atoms with Crippen molar-refractivity contribution in [3.8, 4) is 0 Å². The first-order valence-corrected chi connectivity index (χ1v) is 7.07. The lowest BCUT2D eigenvalue weighted by Gasteiger charge is -2.32. The number of benzene rings is 1. The standard InChI is InChI=1S/C16H22O2/c1-11-7-13-8-14(9-15(11)16(13)17)18-10-12-5-3-2-4-6-12/h2-6,11,13-17H,7-10H2,1H3/t11-,13+,14+,15+,16?/m0/s1. The van der Waals surface area contributed by atoms with E-state index in [9.17, 15) is 5.11 Å². The summed E-state index contributed by atoms with van der Waals surface area (Å²) in [5.41, 5.74) is 1.24. The fourth-order valence-electron chi connectivity index (χ4n) is 3.75. The molecular formula is C16H22O2. The van der Waals surface area contributed by atoms with Gasteiger partial charge in [-0.2, -0.15) is 0 Å². The molecule has 18 heavy (non-hydrogen) atoms. The van der Waals surface area contributed by atoms with Crippen LogP contribution in [0.4, 0.5) is 0 Å². The Bertz CT molecular complexity index is 389. The summed E-state index contributed by atoms with van der Waals surface area (Å²) in [4.78, 5) is 0. The lowest BCUT2D eigenvalue weighted by molar-refractivity contribution is -0.0503. The van der Waals surface area contributed by atoms with Gasteiger partial charge >= 0.3 is 0 Å². The van der Waals surface area contributed by atoms with E-state index in [1.54, 1.807) is 0 Å². The summed E-state index contributed by atoms with van der Waals surface area (Å²) in [5, 5.41) is 10.1. The molecule has 1 aromatic carbocycles. The quantitative estimate of drug-likeness (QED) is 0.888. The highest BCUT2D eigenvalue weighted by Crippen LogP contribution is 2.46. The van der Waals surface area contributed by atoms with Crippen LogP contribution in [0.3, 0.4) is 0 Å². The number of fused-ring (bicyclic) bond motifs is 2. The SMILES string of the molecule is C[C@H]1C[C@@H]2C[C@@H](OCc3ccccc3)C[C@H]1C2O. The highest BCUT2D eigenvalue weighted by atomic mass is 16.5. The van der Waals surface area contributed by atoms with Crippen LogP contribution in [-0.2, 0) is 11.3 Å². The zero-order chi connectivity index (χ0) is 12.5. The molecule has 2 saturated carbocycles. The third-order valence-electron chi connectivity index (χ3n) is 4.76. The fraction of sp³-hybridized carbons (Fsp3) is 0.625. The molecule has 2 bridgehead atoms. The fourth-order valence-corrected chi connectivity index (χ4v) is 3.75. The van der Waals surface area contributed by atoms with Crippen molar-refractivity contribution in [2.75, 3.05) is 0 Å². The zero-order valence-corrected chi connectivity index (χ0v) is 11.0. The summed E-state index contributed by atoms with van der Waals surface area (Å²) >= 11 is 0. The van der Waals surface area contributed by atoms with Crippen molar-refractivity contribution in [1.29, 1.82) is 0 Å². The summed E-state index contributed by atoms with van der Waals surface area (Å²) in [5.74, 6) is 1.60. The number of hydrogen-bond donors (Lipinski definition) is 1. The molecule has 1 N–H and O–H groups in total. The second-order valence-corrected chi connectivity index (χ2v) is 6.02. The molecule has 1 aromatic rings. The van der Waals surface area contributed by atoms with E-state index in [1.165, 1.54) is 12.0 Å². The summed E-state index contributed by atoms with van der Waals surface area (Å²) in [6.45, 7) is 2.98. The van der Waals surface area contributed by atoms with Crippen LogP contribution in [0.25, 0.3) is 0 Å². The maximum absolute atomic E-state index is 10.1. The van der Waals surface area contributed by atoms with Gasteiger partial charge in [-0.25, -0.2) is 0 Å². The number of aliphatic hydroxyl groups excluding tert-OH is 1. The molecule has 0 heterocycles. The van der Waals surface area contributed by atoms with E-state index in [0.29, 0.717) is 30.5 Å². The summed E-state index contributed by atoms with van der Waals surface area (Å²) in [7, 11) is 0. The molecule has 0 saturated heterocycles. The second-order valence-electron chi connectivity index (χ2n) is 6.02. The van der Waals surface area contributed by atoms with E-state index in [2.05, 4.69) is 31.2 Å². The Kier molecular flexibility index (Phi) is 3.40. The highest BCUT2D eigenvalue weighted by molar-refractivity contribution is 5.13. The van der Waals surface area contributed by atoms with E-state index in [-0.39, 0.29) is 6.10 Å². The Labute approximate surface area is 109 Å². The first kappa shape index (κ1) is 12.2. The van der Waals surface area contributed by atoms with Gasteiger partial charge in [0, 0.05) is 0 Å². The van der Waals surface area contributed by atoms with Gasteiger partial charge in [-0.1, -0.05) is 37.3 Å². The monoisotopic (exact) mass is 246 g/mol. The van der Waals surface area contributed by atoms with Crippen LogP contribution in [0.5, 0.6) is 0 Å². The van der Waals surface area contributed by atoms with Gasteiger partial charge in [0.05, 0.1) is 18.8 Å². The first-order chi connectivity index (χ1) is 8.74. The molecule has 2 nitrogen and oxygen atoms in total. The van der Waals surface area contributed by atoms with Gasteiger partial charge in [-0.05, 0) is 42.6 Å². The molecule has 98 valence electrons. The molecule has 2 aliphatic rings. The largest absolute Gasteiger partial charge is 0.393 e. The predicted octanol–water partition coefficient (Wildman–Crippen LogP) is 3.00. The van der Waals surface area contributed by atoms with Crippen LogP contribution in [0.15, 0.2) is 30.3 Å². The van der Waals surface area contributed by atoms with Gasteiger partial charge in [0.2, 0.25) is 0 Å². The summed E-state index contributed by atoms with van der Waals surface area (Å²) in [6, 6.07) is 10.3. The van der Waals surface area contributed by atoms with Crippen LogP contribution in [0, 0.1) is 17.8 Å². The van der Waals surface area contributed by atoms with Crippen LogP contribution >= 0.6 is 0 Å². The molecule has 1 unspecified atom stereocenters. The topological polar surface area (TPSA) is 29.5 Å². The lowest BCUT2D eigenvalue weighted by atomic mass is 9.83. The Morgan fingerprint density at radius 1 is 1.17 bits per heavy atom. The molecule has 3 rings (SSSR count). The van der Waals surface area contributed by atoms with Crippen molar-refractivity contribution < 1.29 is 9.84 Å². The smallest absolute Gasteiger partial charge is 0.0720 e. The van der Waals surface area contributed by atoms with Gasteiger partial charge in [-0.15, -0.1) is 0 Å². The molecule has 0 spiro atoms. The third kappa shape index (κ3) is 2.32.